The maximum atomic E-state index is 12.3. The zero-order valence-electron chi connectivity index (χ0n) is 40.8. The molecule has 9 heteroatoms. The Kier molecular flexibility index (Phi) is 22.4. The summed E-state index contributed by atoms with van der Waals surface area (Å²) in [4.78, 5) is 32.2. The number of nitriles is 1. The molecular formula is C57H82N4O5. The minimum atomic E-state index is 0.256. The average molecular weight is 903 g/mol. The third-order valence-electron chi connectivity index (χ3n) is 14.7. The molecule has 2 aliphatic carbocycles. The van der Waals surface area contributed by atoms with Gasteiger partial charge in [0.25, 0.3) is 0 Å². The summed E-state index contributed by atoms with van der Waals surface area (Å²) in [6, 6.07) is 25.6. The number of rotatable bonds is 20. The van der Waals surface area contributed by atoms with Crippen molar-refractivity contribution in [2.24, 2.45) is 17.8 Å². The normalized spacial score (nSPS) is 20.7. The van der Waals surface area contributed by atoms with E-state index in [0.717, 1.165) is 119 Å². The Morgan fingerprint density at radius 3 is 1.38 bits per heavy atom. The number of nitrogens with zero attached hydrogens (tertiary/aromatic N) is 4. The van der Waals surface area contributed by atoms with Gasteiger partial charge in [0.1, 0.15) is 17.2 Å². The minimum absolute atomic E-state index is 0.256. The van der Waals surface area contributed by atoms with Gasteiger partial charge in [0.15, 0.2) is 11.6 Å². The standard InChI is InChI=1S/C20H29NO2.C19H27NO2.C18H26N2O/c22-20(17-7-2-3-8-17)18-9-11-19(12-10-18)23-16-6-15-21-13-4-1-5-14-21;21-19(16-6-4-7-16)17-8-10-18(11-9-17)22-15-5-14-20-12-2-1-3-13-20;1-3-16-6-5-15(2)20(14-16)11-4-12-21-18-9-7-17(13-19)8-10-18/h9-12,17H,1-8,13-16H2;8-11,16H,1-7,12-15H2;7-10,15-16H,3-6,11-12,14H2,1-2H3/t;;15-,16+/m..0/s1. The number of carbonyl (C=O) groups excluding carboxylic acids is 2. The van der Waals surface area contributed by atoms with E-state index in [-0.39, 0.29) is 11.8 Å². The molecule has 0 bridgehead atoms. The van der Waals surface area contributed by atoms with Crippen LogP contribution in [0.15, 0.2) is 72.8 Å². The quantitative estimate of drug-likeness (QED) is 0.0811. The van der Waals surface area contributed by atoms with Crippen molar-refractivity contribution in [3.8, 4) is 23.3 Å². The second kappa shape index (κ2) is 28.8. The zero-order valence-corrected chi connectivity index (χ0v) is 40.8. The van der Waals surface area contributed by atoms with Crippen LogP contribution in [0.4, 0.5) is 0 Å². The molecule has 0 radical (unpaired) electrons. The third-order valence-corrected chi connectivity index (χ3v) is 14.7. The summed E-state index contributed by atoms with van der Waals surface area (Å²) in [5, 5.41) is 8.76. The molecule has 8 rings (SSSR count). The molecule has 2 saturated carbocycles. The summed E-state index contributed by atoms with van der Waals surface area (Å²) in [6.07, 6.45) is 23.2. The summed E-state index contributed by atoms with van der Waals surface area (Å²) in [5.74, 6) is 4.65. The first-order valence-corrected chi connectivity index (χ1v) is 26.2. The van der Waals surface area contributed by atoms with Gasteiger partial charge in [0.05, 0.1) is 31.5 Å². The van der Waals surface area contributed by atoms with Crippen molar-refractivity contribution in [2.45, 2.75) is 142 Å². The number of Topliss-reactive ketones (excluding diaryl/α,β-unsaturated/α-hetero) is 2. The lowest BCUT2D eigenvalue weighted by Gasteiger charge is -2.37. The Morgan fingerprint density at radius 1 is 0.545 bits per heavy atom. The van der Waals surface area contributed by atoms with Crippen LogP contribution in [0.2, 0.25) is 0 Å². The number of hydrogen-bond donors (Lipinski definition) is 0. The van der Waals surface area contributed by atoms with E-state index in [4.69, 9.17) is 19.5 Å². The van der Waals surface area contributed by atoms with Crippen molar-refractivity contribution in [1.29, 1.82) is 5.26 Å². The van der Waals surface area contributed by atoms with Gasteiger partial charge in [-0.1, -0.05) is 45.4 Å². The van der Waals surface area contributed by atoms with Gasteiger partial charge in [-0.15, -0.1) is 0 Å². The number of ketones is 2. The first-order chi connectivity index (χ1) is 32.4. The van der Waals surface area contributed by atoms with Gasteiger partial charge >= 0.3 is 0 Å². The van der Waals surface area contributed by atoms with Crippen molar-refractivity contribution in [3.05, 3.63) is 89.5 Å². The Bertz CT molecular complexity index is 1860. The second-order valence-electron chi connectivity index (χ2n) is 19.6. The average Bonchev–Trinajstić information content (AvgIpc) is 3.90. The Morgan fingerprint density at radius 2 is 0.970 bits per heavy atom. The molecule has 3 heterocycles. The highest BCUT2D eigenvalue weighted by molar-refractivity contribution is 5.98. The van der Waals surface area contributed by atoms with Crippen LogP contribution < -0.4 is 14.2 Å². The van der Waals surface area contributed by atoms with E-state index >= 15 is 0 Å². The summed E-state index contributed by atoms with van der Waals surface area (Å²) in [5.41, 5.74) is 2.36. The molecule has 5 aliphatic rings. The largest absolute Gasteiger partial charge is 0.494 e. The molecule has 3 aromatic rings. The highest BCUT2D eigenvalue weighted by Crippen LogP contribution is 2.31. The molecule has 0 amide bonds. The van der Waals surface area contributed by atoms with Crippen LogP contribution >= 0.6 is 0 Å². The van der Waals surface area contributed by atoms with Crippen LogP contribution in [-0.4, -0.2) is 104 Å². The molecule has 3 aromatic carbocycles. The van der Waals surface area contributed by atoms with Crippen molar-refractivity contribution in [3.63, 3.8) is 0 Å². The summed E-state index contributed by atoms with van der Waals surface area (Å²) >= 11 is 0. The van der Waals surface area contributed by atoms with Crippen LogP contribution in [0.25, 0.3) is 0 Å². The van der Waals surface area contributed by atoms with E-state index in [1.54, 1.807) is 12.1 Å². The molecule has 360 valence electrons. The number of piperidine rings is 3. The van der Waals surface area contributed by atoms with Gasteiger partial charge in [-0.05, 0) is 195 Å². The Labute approximate surface area is 398 Å². The Balaban J connectivity index is 0.000000164. The van der Waals surface area contributed by atoms with E-state index in [0.29, 0.717) is 23.2 Å². The summed E-state index contributed by atoms with van der Waals surface area (Å²) in [7, 11) is 0. The highest BCUT2D eigenvalue weighted by Gasteiger charge is 2.27. The molecule has 0 aromatic heterocycles. The van der Waals surface area contributed by atoms with Crippen LogP contribution in [-0.2, 0) is 0 Å². The van der Waals surface area contributed by atoms with Crippen LogP contribution in [0.5, 0.6) is 17.2 Å². The van der Waals surface area contributed by atoms with Gasteiger partial charge in [-0.3, -0.25) is 9.59 Å². The molecule has 9 nitrogen and oxygen atoms in total. The number of hydrogen-bond acceptors (Lipinski definition) is 9. The zero-order chi connectivity index (χ0) is 46.2. The molecule has 2 atom stereocenters. The predicted octanol–water partition coefficient (Wildman–Crippen LogP) is 12.1. The lowest BCUT2D eigenvalue weighted by molar-refractivity contribution is 0.0854. The molecule has 3 aliphatic heterocycles. The molecular weight excluding hydrogens is 821 g/mol. The smallest absolute Gasteiger partial charge is 0.165 e. The van der Waals surface area contributed by atoms with Crippen molar-refractivity contribution < 1.29 is 23.8 Å². The fraction of sp³-hybridized carbons (Fsp3) is 0.632. The molecule has 0 N–H and O–H groups in total. The van der Waals surface area contributed by atoms with Crippen LogP contribution in [0.1, 0.15) is 162 Å². The Hall–Kier alpha value is -4.23. The van der Waals surface area contributed by atoms with E-state index in [1.807, 2.05) is 60.7 Å². The first-order valence-electron chi connectivity index (χ1n) is 26.2. The lowest BCUT2D eigenvalue weighted by atomic mass is 9.80. The van der Waals surface area contributed by atoms with Gasteiger partial charge < -0.3 is 28.9 Å². The van der Waals surface area contributed by atoms with Gasteiger partial charge in [-0.2, -0.15) is 5.26 Å². The van der Waals surface area contributed by atoms with Crippen molar-refractivity contribution in [1.82, 2.24) is 14.7 Å². The van der Waals surface area contributed by atoms with Gasteiger partial charge in [0, 0.05) is 55.2 Å². The fourth-order valence-electron chi connectivity index (χ4n) is 10.1. The molecule has 3 saturated heterocycles. The molecule has 0 spiro atoms. The maximum Gasteiger partial charge on any atom is 0.165 e. The van der Waals surface area contributed by atoms with Gasteiger partial charge in [0.2, 0.25) is 0 Å². The highest BCUT2D eigenvalue weighted by atomic mass is 16.5. The predicted molar refractivity (Wildman–Crippen MR) is 267 cm³/mol. The summed E-state index contributed by atoms with van der Waals surface area (Å²) < 4.78 is 17.4. The van der Waals surface area contributed by atoms with E-state index in [1.165, 1.54) is 110 Å². The van der Waals surface area contributed by atoms with Crippen molar-refractivity contribution >= 4 is 11.6 Å². The number of likely N-dealkylation sites (tertiary alicyclic amines) is 3. The van der Waals surface area contributed by atoms with Crippen LogP contribution in [0.3, 0.4) is 0 Å². The third kappa shape index (κ3) is 17.4. The SMILES string of the molecule is CC[C@@H]1CC[C@H](C)N(CCCOc2ccc(C#N)cc2)C1.O=C(c1ccc(OCCCN2CCCCC2)cc1)C1CCC1.O=C(c1ccc(OCCCN2CCCCC2)cc1)C1CCCC1. The van der Waals surface area contributed by atoms with E-state index in [9.17, 15) is 9.59 Å². The number of carbonyl (C=O) groups is 2. The van der Waals surface area contributed by atoms with Crippen molar-refractivity contribution in [2.75, 3.05) is 72.2 Å². The van der Waals surface area contributed by atoms with Crippen LogP contribution in [0, 0.1) is 29.1 Å². The lowest BCUT2D eigenvalue weighted by Crippen LogP contribution is -2.42. The van der Waals surface area contributed by atoms with Gasteiger partial charge in [-0.25, -0.2) is 0 Å². The number of ether oxygens (including phenoxy) is 3. The topological polar surface area (TPSA) is 95.3 Å². The molecule has 0 unspecified atom stereocenters. The van der Waals surface area contributed by atoms with E-state index in [2.05, 4.69) is 34.6 Å². The fourth-order valence-corrected chi connectivity index (χ4v) is 10.1. The maximum absolute atomic E-state index is 12.3. The summed E-state index contributed by atoms with van der Waals surface area (Å²) in [6.45, 7) is 16.5. The molecule has 66 heavy (non-hydrogen) atoms. The minimum Gasteiger partial charge on any atom is -0.494 e. The van der Waals surface area contributed by atoms with E-state index < -0.39 is 0 Å². The number of benzene rings is 3. The molecule has 5 fully saturated rings. The first kappa shape index (κ1) is 51.2. The monoisotopic (exact) mass is 903 g/mol. The second-order valence-corrected chi connectivity index (χ2v) is 19.6.